The zero-order chi connectivity index (χ0) is 15.3. The predicted octanol–water partition coefficient (Wildman–Crippen LogP) is 2.42. The maximum atomic E-state index is 11.9. The minimum absolute atomic E-state index is 0.0587. The molecule has 0 aliphatic heterocycles. The first kappa shape index (κ1) is 16.0. The van der Waals surface area contributed by atoms with Crippen LogP contribution in [0.3, 0.4) is 0 Å². The number of nitrogens with one attached hydrogen (secondary N) is 1. The molecule has 2 rings (SSSR count). The van der Waals surface area contributed by atoms with E-state index in [1.807, 2.05) is 30.3 Å². The van der Waals surface area contributed by atoms with Gasteiger partial charge in [0.2, 0.25) is 0 Å². The molecule has 0 atom stereocenters. The molecule has 0 saturated carbocycles. The molecule has 112 valence electrons. The lowest BCUT2D eigenvalue weighted by Gasteiger charge is -2.06. The van der Waals surface area contributed by atoms with Crippen LogP contribution in [0.5, 0.6) is 0 Å². The van der Waals surface area contributed by atoms with Crippen LogP contribution in [0, 0.1) is 0 Å². The van der Waals surface area contributed by atoms with Crippen molar-refractivity contribution in [2.75, 3.05) is 6.54 Å². The number of ether oxygens (including phenoxy) is 1. The van der Waals surface area contributed by atoms with Crippen molar-refractivity contribution in [3.05, 3.63) is 52.4 Å². The molecule has 0 amide bonds. The number of hydrogen-bond donors (Lipinski definition) is 1. The maximum Gasteiger partial charge on any atom is 0.321 e. The van der Waals surface area contributed by atoms with Gasteiger partial charge in [-0.3, -0.25) is 4.79 Å². The Kier molecular flexibility index (Phi) is 5.35. The van der Waals surface area contributed by atoms with E-state index >= 15 is 0 Å². The van der Waals surface area contributed by atoms with E-state index in [-0.39, 0.29) is 10.8 Å². The number of sulfonamides is 1. The highest BCUT2D eigenvalue weighted by Gasteiger charge is 2.18. The van der Waals surface area contributed by atoms with E-state index in [4.69, 9.17) is 16.3 Å². The van der Waals surface area contributed by atoms with E-state index in [0.717, 1.165) is 16.9 Å². The fraction of sp³-hybridized carbons (Fsp3) is 0.154. The lowest BCUT2D eigenvalue weighted by Crippen LogP contribution is -2.30. The van der Waals surface area contributed by atoms with Crippen LogP contribution in [0.15, 0.2) is 46.7 Å². The largest absolute Gasteiger partial charge is 0.460 e. The minimum atomic E-state index is -3.73. The van der Waals surface area contributed by atoms with Gasteiger partial charge in [-0.1, -0.05) is 41.9 Å². The van der Waals surface area contributed by atoms with Crippen LogP contribution in [0.4, 0.5) is 0 Å². The molecule has 1 N–H and O–H groups in total. The summed E-state index contributed by atoms with van der Waals surface area (Å²) in [6, 6.07) is 12.0. The van der Waals surface area contributed by atoms with Gasteiger partial charge in [0.15, 0.2) is 0 Å². The average Bonchev–Trinajstić information content (AvgIpc) is 2.92. The number of hydrogen-bond acceptors (Lipinski definition) is 5. The molecular formula is C13H12ClNO4S2. The molecule has 8 heteroatoms. The summed E-state index contributed by atoms with van der Waals surface area (Å²) in [7, 11) is -3.73. The Morgan fingerprint density at radius 2 is 1.90 bits per heavy atom. The molecule has 0 radical (unpaired) electrons. The summed E-state index contributed by atoms with van der Waals surface area (Å²) in [4.78, 5) is 11.5. The molecule has 21 heavy (non-hydrogen) atoms. The van der Waals surface area contributed by atoms with Crippen LogP contribution in [-0.2, 0) is 26.2 Å². The molecule has 0 spiro atoms. The summed E-state index contributed by atoms with van der Waals surface area (Å²) in [6.45, 7) is -0.323. The van der Waals surface area contributed by atoms with E-state index in [1.165, 1.54) is 12.1 Å². The van der Waals surface area contributed by atoms with Crippen molar-refractivity contribution < 1.29 is 17.9 Å². The molecule has 0 aliphatic carbocycles. The molecule has 5 nitrogen and oxygen atoms in total. The average molecular weight is 346 g/mol. The van der Waals surface area contributed by atoms with Gasteiger partial charge in [0.25, 0.3) is 10.0 Å². The van der Waals surface area contributed by atoms with Crippen LogP contribution in [-0.4, -0.2) is 20.9 Å². The van der Waals surface area contributed by atoms with Crippen molar-refractivity contribution >= 4 is 38.9 Å². The number of esters is 1. The highest BCUT2D eigenvalue weighted by atomic mass is 35.5. The number of rotatable bonds is 6. The quantitative estimate of drug-likeness (QED) is 0.816. The molecular weight excluding hydrogens is 334 g/mol. The van der Waals surface area contributed by atoms with Gasteiger partial charge in [-0.2, -0.15) is 4.72 Å². The normalized spacial score (nSPS) is 11.3. The summed E-state index contributed by atoms with van der Waals surface area (Å²) in [5, 5.41) is 0. The second-order valence-corrected chi connectivity index (χ2v) is 7.74. The van der Waals surface area contributed by atoms with Crippen molar-refractivity contribution in [3.63, 3.8) is 0 Å². The van der Waals surface area contributed by atoms with Crippen molar-refractivity contribution in [3.8, 4) is 0 Å². The SMILES string of the molecule is O=C(CNS(=O)(=O)c1ccc(Cl)s1)OCc1ccccc1. The Labute approximate surface area is 131 Å². The fourth-order valence-corrected chi connectivity index (χ4v) is 3.95. The Morgan fingerprint density at radius 1 is 1.19 bits per heavy atom. The van der Waals surface area contributed by atoms with Crippen LogP contribution in [0.1, 0.15) is 5.56 Å². The summed E-state index contributed by atoms with van der Waals surface area (Å²) in [6.07, 6.45) is 0. The Balaban J connectivity index is 1.84. The van der Waals surface area contributed by atoms with Crippen LogP contribution in [0.25, 0.3) is 0 Å². The molecule has 0 fully saturated rings. The molecule has 1 heterocycles. The highest BCUT2D eigenvalue weighted by molar-refractivity contribution is 7.91. The van der Waals surface area contributed by atoms with E-state index in [1.54, 1.807) is 0 Å². The topological polar surface area (TPSA) is 72.5 Å². The number of benzene rings is 1. The van der Waals surface area contributed by atoms with E-state index in [2.05, 4.69) is 4.72 Å². The van der Waals surface area contributed by atoms with E-state index in [9.17, 15) is 13.2 Å². The number of carbonyl (C=O) groups excluding carboxylic acids is 1. The monoisotopic (exact) mass is 345 g/mol. The molecule has 2 aromatic rings. The van der Waals surface area contributed by atoms with Crippen LogP contribution < -0.4 is 4.72 Å². The molecule has 0 unspecified atom stereocenters. The van der Waals surface area contributed by atoms with Crippen molar-refractivity contribution in [2.45, 2.75) is 10.8 Å². The summed E-state index contributed by atoms with van der Waals surface area (Å²) < 4.78 is 31.3. The smallest absolute Gasteiger partial charge is 0.321 e. The first-order valence-corrected chi connectivity index (χ1v) is 8.60. The van der Waals surface area contributed by atoms with Gasteiger partial charge in [0.05, 0.1) is 4.34 Å². The predicted molar refractivity (Wildman–Crippen MR) is 80.8 cm³/mol. The first-order chi connectivity index (χ1) is 9.97. The minimum Gasteiger partial charge on any atom is -0.460 e. The first-order valence-electron chi connectivity index (χ1n) is 5.92. The van der Waals surface area contributed by atoms with Gasteiger partial charge >= 0.3 is 5.97 Å². The zero-order valence-corrected chi connectivity index (χ0v) is 13.2. The summed E-state index contributed by atoms with van der Waals surface area (Å²) in [5.74, 6) is -0.648. The van der Waals surface area contributed by atoms with Crippen molar-refractivity contribution in [1.82, 2.24) is 4.72 Å². The second-order valence-electron chi connectivity index (χ2n) is 4.03. The van der Waals surface area contributed by atoms with E-state index < -0.39 is 22.5 Å². The zero-order valence-electron chi connectivity index (χ0n) is 10.8. The molecule has 0 bridgehead atoms. The van der Waals surface area contributed by atoms with Crippen LogP contribution in [0.2, 0.25) is 4.34 Å². The maximum absolute atomic E-state index is 11.9. The highest BCUT2D eigenvalue weighted by Crippen LogP contribution is 2.25. The molecule has 1 aromatic heterocycles. The van der Waals surface area contributed by atoms with Gasteiger partial charge in [0, 0.05) is 0 Å². The second kappa shape index (κ2) is 7.04. The Morgan fingerprint density at radius 3 is 2.52 bits per heavy atom. The van der Waals surface area contributed by atoms with Gasteiger partial charge in [-0.15, -0.1) is 11.3 Å². The van der Waals surface area contributed by atoms with Gasteiger partial charge in [-0.05, 0) is 17.7 Å². The van der Waals surface area contributed by atoms with Crippen LogP contribution >= 0.6 is 22.9 Å². The van der Waals surface area contributed by atoms with Gasteiger partial charge < -0.3 is 4.74 Å². The summed E-state index contributed by atoms with van der Waals surface area (Å²) >= 11 is 6.60. The lowest BCUT2D eigenvalue weighted by atomic mass is 10.2. The van der Waals surface area contributed by atoms with Crippen molar-refractivity contribution in [1.29, 1.82) is 0 Å². The number of halogens is 1. The molecule has 0 aliphatic rings. The standard InChI is InChI=1S/C13H12ClNO4S2/c14-11-6-7-13(20-11)21(17,18)15-8-12(16)19-9-10-4-2-1-3-5-10/h1-7,15H,8-9H2. The van der Waals surface area contributed by atoms with E-state index in [0.29, 0.717) is 4.34 Å². The third kappa shape index (κ3) is 4.82. The van der Waals surface area contributed by atoms with Gasteiger partial charge in [-0.25, -0.2) is 8.42 Å². The molecule has 0 saturated heterocycles. The fourth-order valence-electron chi connectivity index (χ4n) is 1.46. The number of carbonyl (C=O) groups is 1. The third-order valence-corrected chi connectivity index (χ3v) is 5.59. The Bertz CT molecular complexity index is 713. The molecule has 1 aromatic carbocycles. The summed E-state index contributed by atoms with van der Waals surface area (Å²) in [5.41, 5.74) is 0.832. The Hall–Kier alpha value is -1.41. The lowest BCUT2D eigenvalue weighted by molar-refractivity contribution is -0.143. The third-order valence-electron chi connectivity index (χ3n) is 2.46. The van der Waals surface area contributed by atoms with Crippen molar-refractivity contribution in [2.24, 2.45) is 0 Å². The van der Waals surface area contributed by atoms with Gasteiger partial charge in [0.1, 0.15) is 17.4 Å². The number of thiophene rings is 1.